The Labute approximate surface area is 253 Å². The second kappa shape index (κ2) is 8.73. The van der Waals surface area contributed by atoms with Crippen LogP contribution in [0.3, 0.4) is 0 Å². The van der Waals surface area contributed by atoms with Gasteiger partial charge in [0.2, 0.25) is 0 Å². The molecule has 0 bridgehead atoms. The number of para-hydroxylation sites is 4. The van der Waals surface area contributed by atoms with Crippen LogP contribution in [-0.2, 0) is 0 Å². The van der Waals surface area contributed by atoms with E-state index in [0.29, 0.717) is 11.1 Å². The largest absolute Gasteiger partial charge is 0.309 e. The minimum absolute atomic E-state index is 0.0691. The molecule has 8 aromatic rings. The summed E-state index contributed by atoms with van der Waals surface area (Å²) in [5.41, 5.74) is 0.734. The van der Waals surface area contributed by atoms with Crippen molar-refractivity contribution in [1.82, 2.24) is 9.13 Å². The SMILES string of the molecule is [2H]c1c([2H])c([2H])c2c(c1[2H])c1c([2H])c([2H])c([2H])c([2H])c1n2-c1cccc(-c2cc(C#N)cc(-n3c4c([2H])c([2H])c([2H])c([2H])c4c4c([2H])c([2H])c([2H])c([2H])c43)c2)c1. The zero-order valence-corrected chi connectivity index (χ0v) is 20.4. The average molecular weight is 526 g/mol. The van der Waals surface area contributed by atoms with Crippen molar-refractivity contribution in [3.63, 3.8) is 0 Å². The summed E-state index contributed by atoms with van der Waals surface area (Å²) in [4.78, 5) is 0. The molecule has 186 valence electrons. The maximum atomic E-state index is 10.2. The van der Waals surface area contributed by atoms with Gasteiger partial charge in [-0.25, -0.2) is 0 Å². The monoisotopic (exact) mass is 525 g/mol. The lowest BCUT2D eigenvalue weighted by Crippen LogP contribution is -1.97. The molecule has 0 saturated carbocycles. The molecule has 0 atom stereocenters. The van der Waals surface area contributed by atoms with E-state index in [1.54, 1.807) is 30.3 Å². The summed E-state index contributed by atoms with van der Waals surface area (Å²) in [5, 5.41) is 9.75. The van der Waals surface area contributed by atoms with E-state index in [1.807, 2.05) is 0 Å². The molecule has 3 nitrogen and oxygen atoms in total. The highest BCUT2D eigenvalue weighted by Gasteiger charge is 2.15. The Bertz CT molecular complexity index is 3020. The van der Waals surface area contributed by atoms with Gasteiger partial charge < -0.3 is 9.13 Å². The summed E-state index contributed by atoms with van der Waals surface area (Å²) < 4.78 is 140. The fourth-order valence-corrected chi connectivity index (χ4v) is 5.15. The van der Waals surface area contributed by atoms with E-state index in [9.17, 15) is 5.26 Å². The van der Waals surface area contributed by atoms with Crippen LogP contribution in [-0.4, -0.2) is 9.13 Å². The molecule has 0 N–H and O–H groups in total. The van der Waals surface area contributed by atoms with Crippen molar-refractivity contribution in [1.29, 1.82) is 5.26 Å². The Hall–Kier alpha value is -5.59. The van der Waals surface area contributed by atoms with Crippen LogP contribution in [0.2, 0.25) is 0 Å². The van der Waals surface area contributed by atoms with Crippen molar-refractivity contribution in [2.24, 2.45) is 0 Å². The minimum Gasteiger partial charge on any atom is -0.309 e. The van der Waals surface area contributed by atoms with Gasteiger partial charge in [-0.05, 0) is 65.6 Å². The van der Waals surface area contributed by atoms with Gasteiger partial charge in [0.25, 0.3) is 0 Å². The molecule has 40 heavy (non-hydrogen) atoms. The topological polar surface area (TPSA) is 33.6 Å². The summed E-state index contributed by atoms with van der Waals surface area (Å²) >= 11 is 0. The van der Waals surface area contributed by atoms with E-state index in [0.717, 1.165) is 0 Å². The van der Waals surface area contributed by atoms with Crippen LogP contribution in [0, 0.1) is 11.3 Å². The van der Waals surface area contributed by atoms with Crippen molar-refractivity contribution in [3.8, 4) is 28.6 Å². The quantitative estimate of drug-likeness (QED) is 0.226. The Morgan fingerprint density at radius 1 is 0.500 bits per heavy atom. The molecule has 0 aliphatic carbocycles. The van der Waals surface area contributed by atoms with E-state index in [1.165, 1.54) is 21.3 Å². The molecule has 0 fully saturated rings. The van der Waals surface area contributed by atoms with Crippen LogP contribution >= 0.6 is 0 Å². The number of hydrogen-bond donors (Lipinski definition) is 0. The van der Waals surface area contributed by atoms with Crippen LogP contribution in [0.1, 0.15) is 27.5 Å². The van der Waals surface area contributed by atoms with E-state index in [2.05, 4.69) is 6.07 Å². The first kappa shape index (κ1) is 11.7. The van der Waals surface area contributed by atoms with Crippen LogP contribution in [0.15, 0.2) is 139 Å². The van der Waals surface area contributed by atoms with Crippen molar-refractivity contribution in [2.75, 3.05) is 0 Å². The van der Waals surface area contributed by atoms with Gasteiger partial charge in [0.15, 0.2) is 0 Å². The molecule has 0 unspecified atom stereocenters. The predicted octanol–water partition coefficient (Wildman–Crippen LogP) is 9.42. The molecular weight excluding hydrogens is 486 g/mol. The lowest BCUT2D eigenvalue weighted by molar-refractivity contribution is 1.17. The number of benzene rings is 6. The van der Waals surface area contributed by atoms with E-state index in [4.69, 9.17) is 21.9 Å². The zero-order chi connectivity index (χ0) is 40.6. The zero-order valence-electron chi connectivity index (χ0n) is 36.4. The molecular formula is C37H23N3. The van der Waals surface area contributed by atoms with Crippen LogP contribution in [0.4, 0.5) is 0 Å². The number of rotatable bonds is 3. The molecule has 2 aromatic heterocycles. The summed E-state index contributed by atoms with van der Waals surface area (Å²) in [6.07, 6.45) is 0. The third kappa shape index (κ3) is 3.30. The number of hydrogen-bond acceptors (Lipinski definition) is 1. The average Bonchev–Trinajstić information content (AvgIpc) is 3.76. The maximum Gasteiger partial charge on any atom is 0.0992 e. The molecule has 0 saturated heterocycles. The van der Waals surface area contributed by atoms with Gasteiger partial charge in [-0.1, -0.05) is 84.6 Å². The first-order valence-corrected chi connectivity index (χ1v) is 12.1. The molecule has 3 heteroatoms. The maximum absolute atomic E-state index is 10.2. The van der Waals surface area contributed by atoms with Gasteiger partial charge in [0, 0.05) is 32.9 Å². The summed E-state index contributed by atoms with van der Waals surface area (Å²) in [6.45, 7) is 0. The number of aromatic nitrogens is 2. The lowest BCUT2D eigenvalue weighted by Gasteiger charge is -2.13. The van der Waals surface area contributed by atoms with Crippen molar-refractivity contribution >= 4 is 43.6 Å². The molecule has 6 aromatic carbocycles. The van der Waals surface area contributed by atoms with Crippen LogP contribution < -0.4 is 0 Å². The highest BCUT2D eigenvalue weighted by Crippen LogP contribution is 2.36. The van der Waals surface area contributed by atoms with E-state index >= 15 is 0 Å². The Balaban J connectivity index is 1.47. The molecule has 8 rings (SSSR count). The van der Waals surface area contributed by atoms with Crippen LogP contribution in [0.5, 0.6) is 0 Å². The molecule has 0 aliphatic rings. The van der Waals surface area contributed by atoms with Gasteiger partial charge in [0.05, 0.1) is 55.6 Å². The Morgan fingerprint density at radius 2 is 0.950 bits per heavy atom. The molecule has 0 spiro atoms. The Morgan fingerprint density at radius 3 is 1.45 bits per heavy atom. The fraction of sp³-hybridized carbons (Fsp3) is 0. The first-order valence-electron chi connectivity index (χ1n) is 20.1. The van der Waals surface area contributed by atoms with E-state index < -0.39 is 96.7 Å². The fourth-order valence-electron chi connectivity index (χ4n) is 5.15. The van der Waals surface area contributed by atoms with Gasteiger partial charge in [0.1, 0.15) is 0 Å². The van der Waals surface area contributed by atoms with Crippen molar-refractivity contribution in [3.05, 3.63) is 145 Å². The second-order valence-electron chi connectivity index (χ2n) is 9.00. The number of nitrogens with zero attached hydrogens (tertiary/aromatic N) is 3. The third-order valence-electron chi connectivity index (χ3n) is 6.81. The van der Waals surface area contributed by atoms with Gasteiger partial charge in [-0.3, -0.25) is 0 Å². The molecule has 2 heterocycles. The first-order chi connectivity index (χ1) is 26.4. The standard InChI is InChI=1S/C37H23N3/c38-24-25-20-27(23-29(21-25)40-36-18-7-3-14-32(36)33-15-4-8-19-37(33)40)26-10-9-11-28(22-26)39-34-16-5-1-12-30(34)31-13-2-6-17-35(31)39/h1-23H/i1D,2D,3D,4D,5D,6D,7D,8D,12D,13D,14D,15D,16D,17D,18D,19D. The molecule has 0 aliphatic heterocycles. The number of fused-ring (bicyclic) bond motifs is 6. The smallest absolute Gasteiger partial charge is 0.0992 e. The third-order valence-corrected chi connectivity index (χ3v) is 6.81. The summed E-state index contributed by atoms with van der Waals surface area (Å²) in [6, 6.07) is 4.30. The minimum atomic E-state index is -0.603. The summed E-state index contributed by atoms with van der Waals surface area (Å²) in [7, 11) is 0. The number of nitriles is 1. The van der Waals surface area contributed by atoms with Gasteiger partial charge in [-0.15, -0.1) is 0 Å². The van der Waals surface area contributed by atoms with Gasteiger partial charge in [-0.2, -0.15) is 5.26 Å². The normalized spacial score (nSPS) is 17.1. The van der Waals surface area contributed by atoms with Crippen molar-refractivity contribution in [2.45, 2.75) is 0 Å². The highest BCUT2D eigenvalue weighted by molar-refractivity contribution is 6.10. The molecule has 0 amide bonds. The van der Waals surface area contributed by atoms with Crippen LogP contribution in [0.25, 0.3) is 66.1 Å². The lowest BCUT2D eigenvalue weighted by atomic mass is 10.0. The van der Waals surface area contributed by atoms with Crippen molar-refractivity contribution < 1.29 is 21.9 Å². The second-order valence-corrected chi connectivity index (χ2v) is 9.00. The summed E-state index contributed by atoms with van der Waals surface area (Å²) in [5.74, 6) is 0. The Kier molecular flexibility index (Phi) is 2.54. The van der Waals surface area contributed by atoms with E-state index in [-0.39, 0.29) is 60.5 Å². The predicted molar refractivity (Wildman–Crippen MR) is 165 cm³/mol. The highest BCUT2D eigenvalue weighted by atomic mass is 15.0. The van der Waals surface area contributed by atoms with Gasteiger partial charge >= 0.3 is 0 Å². The molecule has 0 radical (unpaired) electrons.